The molecule has 114 valence electrons. The number of carbonyl (C=O) groups excluding carboxylic acids is 1. The molecule has 7 heteroatoms. The Morgan fingerprint density at radius 2 is 1.81 bits per heavy atom. The van der Waals surface area contributed by atoms with Gasteiger partial charge in [0.05, 0.1) is 0 Å². The first-order valence-corrected chi connectivity index (χ1v) is 7.21. The predicted octanol–water partition coefficient (Wildman–Crippen LogP) is 5.41. The van der Waals surface area contributed by atoms with Gasteiger partial charge in [0.1, 0.15) is 5.58 Å². The summed E-state index contributed by atoms with van der Waals surface area (Å²) in [4.78, 5) is 11.8. The van der Waals surface area contributed by atoms with Crippen LogP contribution in [0.3, 0.4) is 0 Å². The number of halogens is 3. The van der Waals surface area contributed by atoms with E-state index < -0.39 is 15.5 Å². The van der Waals surface area contributed by atoms with Crippen LogP contribution in [0.1, 0.15) is 19.4 Å². The monoisotopic (exact) mass is 350 g/mol. The Bertz CT molecular complexity index is 670. The Hall–Kier alpha value is -1.10. The van der Waals surface area contributed by atoms with Crippen LogP contribution in [0.4, 0.5) is 4.79 Å². The Kier molecular flexibility index (Phi) is 4.34. The van der Waals surface area contributed by atoms with Crippen molar-refractivity contribution in [2.24, 2.45) is 0 Å². The van der Waals surface area contributed by atoms with E-state index in [0.717, 1.165) is 5.39 Å². The quantitative estimate of drug-likeness (QED) is 0.536. The minimum Gasteiger partial charge on any atom is -0.425 e. The Morgan fingerprint density at radius 1 is 1.19 bits per heavy atom. The molecule has 0 fully saturated rings. The van der Waals surface area contributed by atoms with Gasteiger partial charge in [0.15, 0.2) is 5.60 Å². The Morgan fingerprint density at radius 3 is 2.38 bits per heavy atom. The molecule has 0 aliphatic heterocycles. The number of ether oxygens (including phenoxy) is 2. The van der Waals surface area contributed by atoms with Crippen LogP contribution in [0.25, 0.3) is 11.0 Å². The molecule has 0 bridgehead atoms. The van der Waals surface area contributed by atoms with E-state index in [4.69, 9.17) is 48.7 Å². The van der Waals surface area contributed by atoms with E-state index in [-0.39, 0.29) is 5.95 Å². The number of benzene rings is 1. The van der Waals surface area contributed by atoms with Crippen molar-refractivity contribution in [2.45, 2.75) is 30.2 Å². The maximum atomic E-state index is 11.8. The van der Waals surface area contributed by atoms with Crippen LogP contribution < -0.4 is 4.74 Å². The normalized spacial score (nSPS) is 12.5. The lowest BCUT2D eigenvalue weighted by molar-refractivity contribution is 0.00734. The molecule has 0 aliphatic carbocycles. The van der Waals surface area contributed by atoms with Crippen molar-refractivity contribution in [3.8, 4) is 5.95 Å². The highest BCUT2D eigenvalue weighted by Crippen LogP contribution is 2.40. The van der Waals surface area contributed by atoms with Gasteiger partial charge in [0, 0.05) is 10.9 Å². The van der Waals surface area contributed by atoms with Gasteiger partial charge >= 0.3 is 6.16 Å². The van der Waals surface area contributed by atoms with Crippen molar-refractivity contribution >= 4 is 51.9 Å². The lowest BCUT2D eigenvalue weighted by Gasteiger charge is -2.30. The van der Waals surface area contributed by atoms with Gasteiger partial charge in [-0.1, -0.05) is 53.0 Å². The van der Waals surface area contributed by atoms with Crippen molar-refractivity contribution in [1.82, 2.24) is 0 Å². The van der Waals surface area contributed by atoms with Gasteiger partial charge in [0.25, 0.3) is 5.95 Å². The van der Waals surface area contributed by atoms with E-state index in [1.165, 1.54) is 13.8 Å². The minimum atomic E-state index is -1.78. The largest absolute Gasteiger partial charge is 0.516 e. The third-order valence-corrected chi connectivity index (χ3v) is 4.36. The second-order valence-electron chi connectivity index (χ2n) is 4.97. The second kappa shape index (κ2) is 5.59. The summed E-state index contributed by atoms with van der Waals surface area (Å²) in [6, 6.07) is 7.31. The molecule has 1 aromatic heterocycles. The van der Waals surface area contributed by atoms with Crippen molar-refractivity contribution in [3.05, 3.63) is 29.8 Å². The van der Waals surface area contributed by atoms with Crippen LogP contribution in [0, 0.1) is 6.92 Å². The lowest BCUT2D eigenvalue weighted by atomic mass is 10.2. The number of para-hydroxylation sites is 1. The zero-order valence-electron chi connectivity index (χ0n) is 11.6. The van der Waals surface area contributed by atoms with Gasteiger partial charge in [-0.3, -0.25) is 0 Å². The molecule has 0 saturated heterocycles. The Balaban J connectivity index is 2.17. The second-order valence-corrected chi connectivity index (χ2v) is 7.25. The first-order chi connectivity index (χ1) is 9.62. The highest BCUT2D eigenvalue weighted by atomic mass is 35.6. The summed E-state index contributed by atoms with van der Waals surface area (Å²) in [6.45, 7) is 4.70. The SMILES string of the molecule is Cc1c(OC(=O)OC(C)(C)C(Cl)(Cl)Cl)oc2ccccc12. The van der Waals surface area contributed by atoms with Crippen LogP contribution in [-0.4, -0.2) is 15.5 Å². The fourth-order valence-corrected chi connectivity index (χ4v) is 1.73. The average Bonchev–Trinajstić information content (AvgIpc) is 2.65. The van der Waals surface area contributed by atoms with Gasteiger partial charge in [0.2, 0.25) is 3.79 Å². The smallest absolute Gasteiger partial charge is 0.425 e. The molecule has 2 aromatic rings. The first kappa shape index (κ1) is 16.3. The van der Waals surface area contributed by atoms with Crippen molar-refractivity contribution in [1.29, 1.82) is 0 Å². The van der Waals surface area contributed by atoms with Crippen molar-refractivity contribution in [3.63, 3.8) is 0 Å². The summed E-state index contributed by atoms with van der Waals surface area (Å²) in [5, 5.41) is 0.848. The van der Waals surface area contributed by atoms with E-state index in [1.54, 1.807) is 13.0 Å². The minimum absolute atomic E-state index is 0.0568. The van der Waals surface area contributed by atoms with Gasteiger partial charge in [-0.15, -0.1) is 0 Å². The van der Waals surface area contributed by atoms with Crippen LogP contribution in [0.15, 0.2) is 28.7 Å². The zero-order valence-corrected chi connectivity index (χ0v) is 13.8. The maximum absolute atomic E-state index is 11.8. The Labute approximate surface area is 136 Å². The van der Waals surface area contributed by atoms with Crippen LogP contribution >= 0.6 is 34.8 Å². The fourth-order valence-electron chi connectivity index (χ4n) is 1.61. The van der Waals surface area contributed by atoms with E-state index in [2.05, 4.69) is 0 Å². The fraction of sp³-hybridized carbons (Fsp3) is 0.357. The van der Waals surface area contributed by atoms with Crippen molar-refractivity contribution in [2.75, 3.05) is 0 Å². The third-order valence-electron chi connectivity index (χ3n) is 3.00. The molecule has 21 heavy (non-hydrogen) atoms. The number of alkyl halides is 3. The molecule has 0 amide bonds. The molecule has 0 radical (unpaired) electrons. The third kappa shape index (κ3) is 3.39. The zero-order chi connectivity index (χ0) is 15.8. The van der Waals surface area contributed by atoms with Gasteiger partial charge < -0.3 is 13.9 Å². The summed E-state index contributed by atoms with van der Waals surface area (Å²) in [7, 11) is 0. The topological polar surface area (TPSA) is 48.7 Å². The average molecular weight is 352 g/mol. The molecule has 0 spiro atoms. The molecular weight excluding hydrogens is 339 g/mol. The summed E-state index contributed by atoms with van der Waals surface area (Å²) in [5.74, 6) is 0.0568. The van der Waals surface area contributed by atoms with Crippen molar-refractivity contribution < 1.29 is 18.7 Å². The number of hydrogen-bond donors (Lipinski definition) is 0. The van der Waals surface area contributed by atoms with E-state index >= 15 is 0 Å². The summed E-state index contributed by atoms with van der Waals surface area (Å²) in [5.41, 5.74) is -0.0537. The summed E-state index contributed by atoms with van der Waals surface area (Å²) >= 11 is 17.2. The van der Waals surface area contributed by atoms with E-state index in [0.29, 0.717) is 11.1 Å². The van der Waals surface area contributed by atoms with Crippen LogP contribution in [0.2, 0.25) is 0 Å². The number of fused-ring (bicyclic) bond motifs is 1. The highest BCUT2D eigenvalue weighted by Gasteiger charge is 2.44. The molecular formula is C14H13Cl3O4. The molecule has 0 aliphatic rings. The molecule has 1 aromatic carbocycles. The van der Waals surface area contributed by atoms with Gasteiger partial charge in [-0.25, -0.2) is 4.79 Å². The molecule has 4 nitrogen and oxygen atoms in total. The molecule has 0 saturated carbocycles. The molecule has 2 rings (SSSR count). The summed E-state index contributed by atoms with van der Waals surface area (Å²) < 4.78 is 13.8. The lowest BCUT2D eigenvalue weighted by Crippen LogP contribution is -2.41. The maximum Gasteiger partial charge on any atom is 0.516 e. The molecule has 0 unspecified atom stereocenters. The number of hydrogen-bond acceptors (Lipinski definition) is 4. The van der Waals surface area contributed by atoms with Crippen LogP contribution in [0.5, 0.6) is 5.95 Å². The first-order valence-electron chi connectivity index (χ1n) is 6.07. The van der Waals surface area contributed by atoms with E-state index in [1.807, 2.05) is 18.2 Å². The standard InChI is InChI=1S/C14H13Cl3O4/c1-8-9-6-4-5-7-10(9)19-11(8)20-12(18)21-13(2,3)14(15,16)17/h4-7H,1-3H3. The van der Waals surface area contributed by atoms with Gasteiger partial charge in [-0.2, -0.15) is 0 Å². The molecule has 0 N–H and O–H groups in total. The molecule has 1 heterocycles. The van der Waals surface area contributed by atoms with Crippen LogP contribution in [-0.2, 0) is 4.74 Å². The number of carbonyl (C=O) groups is 1. The predicted molar refractivity (Wildman–Crippen MR) is 82.4 cm³/mol. The highest BCUT2D eigenvalue weighted by molar-refractivity contribution is 6.68. The van der Waals surface area contributed by atoms with E-state index in [9.17, 15) is 4.79 Å². The summed E-state index contributed by atoms with van der Waals surface area (Å²) in [6.07, 6.45) is -1.01. The van der Waals surface area contributed by atoms with Gasteiger partial charge in [-0.05, 0) is 26.8 Å². The number of furan rings is 1. The number of aryl methyl sites for hydroxylation is 1. The molecule has 0 atom stereocenters. The number of rotatable bonds is 2.